The van der Waals surface area contributed by atoms with Crippen molar-refractivity contribution in [2.45, 2.75) is 15.7 Å². The molecule has 2 aliphatic rings. The van der Waals surface area contributed by atoms with Crippen LogP contribution in [0.4, 0.5) is 0 Å². The second-order valence-corrected chi connectivity index (χ2v) is 11.5. The van der Waals surface area contributed by atoms with Crippen molar-refractivity contribution in [3.05, 3.63) is 137 Å². The van der Waals surface area contributed by atoms with Gasteiger partial charge in [-0.1, -0.05) is 87.0 Å². The van der Waals surface area contributed by atoms with Gasteiger partial charge in [0.2, 0.25) is 0 Å². The van der Waals surface area contributed by atoms with Crippen LogP contribution in [0.1, 0.15) is 33.9 Å². The standard InChI is InChI=1S/C32H21NS4.2Na/c34-36-28-16-14-21-23(12-10-19-5-3-7-25(28)30(19)21)32(27-9-1-2-18-33-27)24-13-11-20-6-4-8-26-29(37-35)17-15-22(24)31(20)26;;/h1-18,32,34-35H;;/q-2;2*+1. The number of benzene rings is 4. The van der Waals surface area contributed by atoms with E-state index >= 15 is 0 Å². The quantitative estimate of drug-likeness (QED) is 0.140. The van der Waals surface area contributed by atoms with E-state index in [0.717, 1.165) is 5.69 Å². The van der Waals surface area contributed by atoms with Crippen molar-refractivity contribution in [2.24, 2.45) is 0 Å². The Morgan fingerprint density at radius 2 is 1.15 bits per heavy atom. The average Bonchev–Trinajstić information content (AvgIpc) is 2.96. The van der Waals surface area contributed by atoms with Crippen molar-refractivity contribution >= 4 is 78.6 Å². The Morgan fingerprint density at radius 3 is 1.62 bits per heavy atom. The fraction of sp³-hybridized carbons (Fsp3) is 0.0312. The zero-order valence-electron chi connectivity index (χ0n) is 21.6. The van der Waals surface area contributed by atoms with Crippen LogP contribution in [0.5, 0.6) is 0 Å². The first-order valence-electron chi connectivity index (χ1n) is 12.0. The smallest absolute Gasteiger partial charge is 0.262 e. The van der Waals surface area contributed by atoms with Gasteiger partial charge in [0.15, 0.2) is 0 Å². The second kappa shape index (κ2) is 12.6. The number of hydrogen-bond donors (Lipinski definition) is 2. The Labute approximate surface area is 291 Å². The van der Waals surface area contributed by atoms with Gasteiger partial charge in [-0.25, -0.2) is 0 Å². The van der Waals surface area contributed by atoms with Crippen molar-refractivity contribution in [3.8, 4) is 0 Å². The third-order valence-corrected chi connectivity index (χ3v) is 9.66. The molecule has 2 aliphatic carbocycles. The van der Waals surface area contributed by atoms with E-state index in [1.165, 1.54) is 87.0 Å². The van der Waals surface area contributed by atoms with Crippen molar-refractivity contribution in [2.75, 3.05) is 0 Å². The maximum absolute atomic E-state index is 4.89. The molecule has 0 saturated carbocycles. The zero-order valence-corrected chi connectivity index (χ0v) is 29.0. The summed E-state index contributed by atoms with van der Waals surface area (Å²) in [6, 6.07) is 28.2. The van der Waals surface area contributed by atoms with Crippen molar-refractivity contribution in [1.29, 1.82) is 0 Å². The maximum atomic E-state index is 4.89. The predicted molar refractivity (Wildman–Crippen MR) is 167 cm³/mol. The summed E-state index contributed by atoms with van der Waals surface area (Å²) in [5, 5.41) is 5.05. The third-order valence-electron chi connectivity index (χ3n) is 7.37. The summed E-state index contributed by atoms with van der Waals surface area (Å²) in [5.41, 5.74) is 6.05. The minimum atomic E-state index is -0.0224. The van der Waals surface area contributed by atoms with Crippen LogP contribution >= 0.6 is 44.9 Å². The van der Waals surface area contributed by atoms with Crippen molar-refractivity contribution < 1.29 is 59.1 Å². The van der Waals surface area contributed by atoms with Gasteiger partial charge in [-0.05, 0) is 28.8 Å². The molecule has 180 valence electrons. The summed E-state index contributed by atoms with van der Waals surface area (Å²) in [6.45, 7) is 0. The minimum absolute atomic E-state index is 0. The van der Waals surface area contributed by atoms with Crippen LogP contribution in [-0.2, 0) is 0 Å². The maximum Gasteiger partial charge on any atom is 1.00 e. The number of nitrogens with zero attached hydrogens (tertiary/aromatic N) is 1. The number of rotatable bonds is 5. The first kappa shape index (κ1) is 29.7. The molecule has 5 aromatic rings. The Morgan fingerprint density at radius 1 is 0.615 bits per heavy atom. The van der Waals surface area contributed by atoms with Gasteiger partial charge < -0.3 is 0 Å². The predicted octanol–water partition coefficient (Wildman–Crippen LogP) is 3.65. The molecular weight excluding hydrogens is 573 g/mol. The molecule has 1 heterocycles. The molecular formula is C32H21NNa2S4. The van der Waals surface area contributed by atoms with Gasteiger partial charge >= 0.3 is 59.1 Å². The molecule has 0 saturated heterocycles. The normalized spacial score (nSPS) is 13.1. The largest absolute Gasteiger partial charge is 1.00 e. The molecule has 0 spiro atoms. The molecule has 39 heavy (non-hydrogen) atoms. The van der Waals surface area contributed by atoms with E-state index < -0.39 is 0 Å². The molecule has 0 unspecified atom stereocenters. The first-order chi connectivity index (χ1) is 18.3. The number of aromatic nitrogens is 1. The van der Waals surface area contributed by atoms with E-state index in [1.54, 1.807) is 0 Å². The Bertz CT molecular complexity index is 1630. The Kier molecular flexibility index (Phi) is 9.57. The molecule has 0 atom stereocenters. The van der Waals surface area contributed by atoms with Crippen LogP contribution in [0, 0.1) is 11.8 Å². The van der Waals surface area contributed by atoms with E-state index in [4.69, 9.17) is 4.98 Å². The Hall–Kier alpha value is -0.830. The van der Waals surface area contributed by atoms with E-state index in [9.17, 15) is 0 Å². The van der Waals surface area contributed by atoms with E-state index in [0.29, 0.717) is 0 Å². The van der Waals surface area contributed by atoms with Crippen molar-refractivity contribution in [1.82, 2.24) is 4.98 Å². The minimum Gasteiger partial charge on any atom is -0.262 e. The molecule has 0 amide bonds. The Balaban J connectivity index is 0.00000154. The summed E-state index contributed by atoms with van der Waals surface area (Å²) < 4.78 is 0. The summed E-state index contributed by atoms with van der Waals surface area (Å²) >= 11 is 9.07. The van der Waals surface area contributed by atoms with E-state index in [1.807, 2.05) is 12.3 Å². The van der Waals surface area contributed by atoms with Gasteiger partial charge in [-0.2, -0.15) is 0 Å². The van der Waals surface area contributed by atoms with Gasteiger partial charge in [0.25, 0.3) is 0 Å². The molecule has 0 radical (unpaired) electrons. The summed E-state index contributed by atoms with van der Waals surface area (Å²) in [5.74, 6) is 2.50. The number of allylic oxidation sites excluding steroid dienone is 2. The number of hydrogen-bond acceptors (Lipinski definition) is 5. The van der Waals surface area contributed by atoms with Crippen LogP contribution in [0.3, 0.4) is 0 Å². The molecule has 1 aromatic heterocycles. The van der Waals surface area contributed by atoms with Crippen LogP contribution in [-0.4, -0.2) is 4.98 Å². The molecule has 7 heteroatoms. The van der Waals surface area contributed by atoms with Crippen molar-refractivity contribution in [3.63, 3.8) is 0 Å². The van der Waals surface area contributed by atoms with Gasteiger partial charge in [0, 0.05) is 21.7 Å². The van der Waals surface area contributed by atoms with Crippen LogP contribution in [0.2, 0.25) is 0 Å². The van der Waals surface area contributed by atoms with Crippen LogP contribution in [0.15, 0.2) is 107 Å². The SMILES string of the molecule is SSc1ccc2c3c(cccc13)C=C[C-]2C(c1ccccn1)[C-]1C=Cc2cccc3c(SS)ccc1c23.[Na+].[Na+]. The fourth-order valence-electron chi connectivity index (χ4n) is 5.81. The van der Waals surface area contributed by atoms with E-state index in [-0.39, 0.29) is 65.0 Å². The molecule has 0 bridgehead atoms. The topological polar surface area (TPSA) is 12.9 Å². The molecule has 0 aliphatic heterocycles. The van der Waals surface area contributed by atoms with Gasteiger partial charge in [-0.15, -0.1) is 93.8 Å². The molecule has 1 nitrogen and oxygen atoms in total. The molecule has 7 rings (SSSR count). The molecule has 4 aromatic carbocycles. The number of pyridine rings is 1. The van der Waals surface area contributed by atoms with Gasteiger partial charge in [0.1, 0.15) is 0 Å². The number of thiol groups is 2. The van der Waals surface area contributed by atoms with Crippen LogP contribution in [0.25, 0.3) is 33.7 Å². The summed E-state index contributed by atoms with van der Waals surface area (Å²) in [6.07, 6.45) is 11.0. The fourth-order valence-corrected chi connectivity index (χ4v) is 7.56. The third kappa shape index (κ3) is 5.08. The van der Waals surface area contributed by atoms with Crippen LogP contribution < -0.4 is 59.1 Å². The monoisotopic (exact) mass is 593 g/mol. The van der Waals surface area contributed by atoms with Gasteiger partial charge in [-0.3, -0.25) is 4.98 Å². The van der Waals surface area contributed by atoms with E-state index in [2.05, 4.69) is 120 Å². The first-order valence-corrected chi connectivity index (χ1v) is 15.8. The second-order valence-electron chi connectivity index (χ2n) is 9.21. The summed E-state index contributed by atoms with van der Waals surface area (Å²) in [7, 11) is 3.00. The molecule has 0 N–H and O–H groups in total. The van der Waals surface area contributed by atoms with Gasteiger partial charge in [0.05, 0.1) is 0 Å². The zero-order chi connectivity index (χ0) is 24.9. The summed E-state index contributed by atoms with van der Waals surface area (Å²) in [4.78, 5) is 7.24. The average molecular weight is 594 g/mol. The molecule has 0 fully saturated rings.